The van der Waals surface area contributed by atoms with Crippen LogP contribution in [0, 0.1) is 12.8 Å². The summed E-state index contributed by atoms with van der Waals surface area (Å²) in [5.74, 6) is 0.297. The van der Waals surface area contributed by atoms with E-state index in [0.717, 1.165) is 12.0 Å². The summed E-state index contributed by atoms with van der Waals surface area (Å²) >= 11 is 6.10. The molecule has 1 aromatic carbocycles. The summed E-state index contributed by atoms with van der Waals surface area (Å²) in [5.41, 5.74) is 7.03. The Labute approximate surface area is 127 Å². The smallest absolute Gasteiger partial charge is 0.244 e. The van der Waals surface area contributed by atoms with Crippen LogP contribution >= 0.6 is 11.6 Å². The van der Waals surface area contributed by atoms with E-state index in [2.05, 4.69) is 0 Å². The molecule has 0 radical (unpaired) electrons. The lowest BCUT2D eigenvalue weighted by Gasteiger charge is -2.24. The number of nitrogens with two attached hydrogens (primary N) is 1. The second kappa shape index (κ2) is 6.78. The van der Waals surface area contributed by atoms with Gasteiger partial charge in [0.2, 0.25) is 10.0 Å². The molecule has 2 N–H and O–H groups in total. The van der Waals surface area contributed by atoms with E-state index in [1.54, 1.807) is 13.0 Å². The van der Waals surface area contributed by atoms with Gasteiger partial charge in [0.05, 0.1) is 5.02 Å². The second-order valence-electron chi connectivity index (χ2n) is 5.11. The van der Waals surface area contributed by atoms with Crippen LogP contribution in [0.15, 0.2) is 17.0 Å². The lowest BCUT2D eigenvalue weighted by Crippen LogP contribution is -2.34. The molecule has 0 aliphatic carbocycles. The Morgan fingerprint density at radius 1 is 1.35 bits per heavy atom. The van der Waals surface area contributed by atoms with Crippen molar-refractivity contribution in [3.63, 3.8) is 0 Å². The zero-order chi connectivity index (χ0) is 15.5. The zero-order valence-corrected chi connectivity index (χ0v) is 14.1. The topological polar surface area (TPSA) is 63.4 Å². The SMILES string of the molecule is CCC(C)CN(CC)S(=O)(=O)c1cc(N)c(C)cc1Cl. The van der Waals surface area contributed by atoms with Crippen LogP contribution in [0.1, 0.15) is 32.8 Å². The predicted octanol–water partition coefficient (Wildman–Crippen LogP) is 3.29. The van der Waals surface area contributed by atoms with E-state index in [4.69, 9.17) is 17.3 Å². The van der Waals surface area contributed by atoms with Crippen LogP contribution in [0.2, 0.25) is 5.02 Å². The van der Waals surface area contributed by atoms with Gasteiger partial charge in [-0.2, -0.15) is 4.31 Å². The molecule has 20 heavy (non-hydrogen) atoms. The molecule has 0 aliphatic rings. The van der Waals surface area contributed by atoms with Crippen LogP contribution in [-0.4, -0.2) is 25.8 Å². The average Bonchev–Trinajstić information content (AvgIpc) is 2.39. The van der Waals surface area contributed by atoms with E-state index in [1.807, 2.05) is 20.8 Å². The molecule has 0 spiro atoms. The van der Waals surface area contributed by atoms with E-state index in [-0.39, 0.29) is 9.92 Å². The Bertz CT molecular complexity index is 573. The first-order chi connectivity index (χ1) is 9.23. The lowest BCUT2D eigenvalue weighted by molar-refractivity contribution is 0.361. The van der Waals surface area contributed by atoms with Crippen LogP contribution in [-0.2, 0) is 10.0 Å². The standard InChI is InChI=1S/C14H23ClN2O2S/c1-5-10(3)9-17(6-2)20(18,19)14-8-13(16)11(4)7-12(14)15/h7-8,10H,5-6,9,16H2,1-4H3. The van der Waals surface area contributed by atoms with Crippen molar-refractivity contribution in [1.82, 2.24) is 4.31 Å². The van der Waals surface area contributed by atoms with Crippen molar-refractivity contribution in [3.8, 4) is 0 Å². The number of nitrogens with zero attached hydrogens (tertiary/aromatic N) is 1. The molecule has 0 saturated carbocycles. The van der Waals surface area contributed by atoms with E-state index in [1.165, 1.54) is 10.4 Å². The summed E-state index contributed by atoms with van der Waals surface area (Å²) in [6.45, 7) is 8.60. The van der Waals surface area contributed by atoms with Crippen molar-refractivity contribution in [2.45, 2.75) is 39.0 Å². The van der Waals surface area contributed by atoms with E-state index in [9.17, 15) is 8.42 Å². The van der Waals surface area contributed by atoms with Crippen LogP contribution in [0.5, 0.6) is 0 Å². The van der Waals surface area contributed by atoms with Gasteiger partial charge in [-0.3, -0.25) is 0 Å². The zero-order valence-electron chi connectivity index (χ0n) is 12.5. The minimum Gasteiger partial charge on any atom is -0.398 e. The van der Waals surface area contributed by atoms with Crippen molar-refractivity contribution >= 4 is 27.3 Å². The quantitative estimate of drug-likeness (QED) is 0.819. The van der Waals surface area contributed by atoms with Gasteiger partial charge < -0.3 is 5.73 Å². The molecule has 0 heterocycles. The molecule has 0 bridgehead atoms. The molecule has 1 unspecified atom stereocenters. The summed E-state index contributed by atoms with van der Waals surface area (Å²) in [6, 6.07) is 3.05. The van der Waals surface area contributed by atoms with Gasteiger partial charge in [0.15, 0.2) is 0 Å². The Kier molecular flexibility index (Phi) is 5.86. The molecule has 1 aromatic rings. The summed E-state index contributed by atoms with van der Waals surface area (Å²) in [4.78, 5) is 0.0902. The Morgan fingerprint density at radius 2 is 1.95 bits per heavy atom. The summed E-state index contributed by atoms with van der Waals surface area (Å²) in [6.07, 6.45) is 0.926. The highest BCUT2D eigenvalue weighted by Crippen LogP contribution is 2.29. The van der Waals surface area contributed by atoms with Gasteiger partial charge in [0.1, 0.15) is 4.90 Å². The van der Waals surface area contributed by atoms with E-state index in [0.29, 0.717) is 24.7 Å². The van der Waals surface area contributed by atoms with Crippen molar-refractivity contribution in [3.05, 3.63) is 22.7 Å². The molecule has 114 valence electrons. The van der Waals surface area contributed by atoms with Gasteiger partial charge in [-0.15, -0.1) is 0 Å². The number of rotatable bonds is 6. The number of hydrogen-bond acceptors (Lipinski definition) is 3. The van der Waals surface area contributed by atoms with Gasteiger partial charge in [-0.05, 0) is 30.5 Å². The van der Waals surface area contributed by atoms with Gasteiger partial charge >= 0.3 is 0 Å². The Hall–Kier alpha value is -0.780. The number of halogens is 1. The predicted molar refractivity (Wildman–Crippen MR) is 84.5 cm³/mol. The van der Waals surface area contributed by atoms with Gasteiger partial charge in [0, 0.05) is 18.8 Å². The van der Waals surface area contributed by atoms with Crippen molar-refractivity contribution in [2.75, 3.05) is 18.8 Å². The second-order valence-corrected chi connectivity index (χ2v) is 7.42. The number of hydrogen-bond donors (Lipinski definition) is 1. The molecule has 0 saturated heterocycles. The highest BCUT2D eigenvalue weighted by molar-refractivity contribution is 7.89. The summed E-state index contributed by atoms with van der Waals surface area (Å²) in [5, 5.41) is 0.222. The Balaban J connectivity index is 3.24. The molecule has 0 aromatic heterocycles. The molecule has 1 atom stereocenters. The first-order valence-electron chi connectivity index (χ1n) is 6.79. The molecule has 0 amide bonds. The number of anilines is 1. The monoisotopic (exact) mass is 318 g/mol. The maximum atomic E-state index is 12.7. The molecule has 4 nitrogen and oxygen atoms in total. The van der Waals surface area contributed by atoms with Crippen LogP contribution in [0.25, 0.3) is 0 Å². The van der Waals surface area contributed by atoms with Gasteiger partial charge in [-0.1, -0.05) is 38.8 Å². The summed E-state index contributed by atoms with van der Waals surface area (Å²) < 4.78 is 26.8. The lowest BCUT2D eigenvalue weighted by atomic mass is 10.1. The maximum Gasteiger partial charge on any atom is 0.244 e. The highest BCUT2D eigenvalue weighted by Gasteiger charge is 2.27. The highest BCUT2D eigenvalue weighted by atomic mass is 35.5. The molecular formula is C14H23ClN2O2S. The number of sulfonamides is 1. The largest absolute Gasteiger partial charge is 0.398 e. The van der Waals surface area contributed by atoms with Crippen LogP contribution in [0.4, 0.5) is 5.69 Å². The van der Waals surface area contributed by atoms with E-state index >= 15 is 0 Å². The normalized spacial score (nSPS) is 13.7. The summed E-state index contributed by atoms with van der Waals surface area (Å²) in [7, 11) is -3.60. The maximum absolute atomic E-state index is 12.7. The fourth-order valence-corrected chi connectivity index (χ4v) is 4.04. The fraction of sp³-hybridized carbons (Fsp3) is 0.571. The first-order valence-corrected chi connectivity index (χ1v) is 8.61. The van der Waals surface area contributed by atoms with Crippen LogP contribution in [0.3, 0.4) is 0 Å². The first kappa shape index (κ1) is 17.3. The third-order valence-electron chi connectivity index (χ3n) is 3.50. The molecule has 0 fully saturated rings. The van der Waals surface area contributed by atoms with Gasteiger partial charge in [-0.25, -0.2) is 8.42 Å². The molecular weight excluding hydrogens is 296 g/mol. The third kappa shape index (κ3) is 3.65. The molecule has 0 aliphatic heterocycles. The third-order valence-corrected chi connectivity index (χ3v) is 5.91. The van der Waals surface area contributed by atoms with Crippen molar-refractivity contribution in [2.24, 2.45) is 5.92 Å². The van der Waals surface area contributed by atoms with E-state index < -0.39 is 10.0 Å². The van der Waals surface area contributed by atoms with Crippen LogP contribution < -0.4 is 5.73 Å². The van der Waals surface area contributed by atoms with Crippen molar-refractivity contribution in [1.29, 1.82) is 0 Å². The van der Waals surface area contributed by atoms with Gasteiger partial charge in [0.25, 0.3) is 0 Å². The molecule has 6 heteroatoms. The number of benzene rings is 1. The molecule has 1 rings (SSSR count). The van der Waals surface area contributed by atoms with Crippen molar-refractivity contribution < 1.29 is 8.42 Å². The average molecular weight is 319 g/mol. The number of aryl methyl sites for hydroxylation is 1. The minimum absolute atomic E-state index is 0.0902. The fourth-order valence-electron chi connectivity index (χ4n) is 1.88. The number of nitrogen functional groups attached to an aromatic ring is 1. The Morgan fingerprint density at radius 3 is 2.45 bits per heavy atom. The minimum atomic E-state index is -3.60.